The van der Waals surface area contributed by atoms with Crippen molar-refractivity contribution in [1.82, 2.24) is 4.98 Å². The highest BCUT2D eigenvalue weighted by molar-refractivity contribution is 9.10. The Bertz CT molecular complexity index is 445. The van der Waals surface area contributed by atoms with Gasteiger partial charge in [0.25, 0.3) is 0 Å². The van der Waals surface area contributed by atoms with E-state index in [-0.39, 0.29) is 11.6 Å². The van der Waals surface area contributed by atoms with Crippen LogP contribution >= 0.6 is 27.3 Å². The van der Waals surface area contributed by atoms with Gasteiger partial charge in [0, 0.05) is 17.2 Å². The number of hydrogen-bond acceptors (Lipinski definition) is 3. The van der Waals surface area contributed by atoms with E-state index >= 15 is 0 Å². The molecule has 78 valence electrons. The zero-order chi connectivity index (χ0) is 10.7. The van der Waals surface area contributed by atoms with Crippen molar-refractivity contribution in [3.63, 3.8) is 0 Å². The maximum absolute atomic E-state index is 13.3. The van der Waals surface area contributed by atoms with E-state index in [2.05, 4.69) is 26.2 Å². The van der Waals surface area contributed by atoms with Crippen LogP contribution in [-0.4, -0.2) is 4.98 Å². The minimum atomic E-state index is -0.348. The van der Waals surface area contributed by atoms with Crippen molar-refractivity contribution in [2.24, 2.45) is 0 Å². The summed E-state index contributed by atoms with van der Waals surface area (Å²) in [4.78, 5) is 3.95. The van der Waals surface area contributed by atoms with Gasteiger partial charge in [-0.2, -0.15) is 11.3 Å². The van der Waals surface area contributed by atoms with Crippen molar-refractivity contribution in [2.75, 3.05) is 5.32 Å². The predicted octanol–water partition coefficient (Wildman–Crippen LogP) is 3.66. The van der Waals surface area contributed by atoms with Gasteiger partial charge in [-0.05, 0) is 44.4 Å². The van der Waals surface area contributed by atoms with Crippen LogP contribution in [0.25, 0.3) is 0 Å². The number of thiophene rings is 1. The lowest BCUT2D eigenvalue weighted by Gasteiger charge is -2.05. The topological polar surface area (TPSA) is 24.9 Å². The molecule has 2 heterocycles. The van der Waals surface area contributed by atoms with E-state index in [0.29, 0.717) is 11.0 Å². The molecule has 2 rings (SSSR count). The Morgan fingerprint density at radius 3 is 3.07 bits per heavy atom. The molecule has 15 heavy (non-hydrogen) atoms. The Hall–Kier alpha value is -0.940. The number of aromatic nitrogens is 1. The number of halogens is 2. The van der Waals surface area contributed by atoms with Crippen LogP contribution in [0.2, 0.25) is 0 Å². The first kappa shape index (κ1) is 10.6. The molecule has 0 spiro atoms. The van der Waals surface area contributed by atoms with Crippen molar-refractivity contribution in [3.05, 3.63) is 44.9 Å². The molecule has 0 aliphatic carbocycles. The maximum Gasteiger partial charge on any atom is 0.166 e. The summed E-state index contributed by atoms with van der Waals surface area (Å²) in [5.74, 6) is -0.0657. The quantitative estimate of drug-likeness (QED) is 0.932. The van der Waals surface area contributed by atoms with E-state index in [4.69, 9.17) is 0 Å². The molecule has 0 aliphatic rings. The fourth-order valence-electron chi connectivity index (χ4n) is 1.12. The van der Waals surface area contributed by atoms with Crippen LogP contribution in [0.5, 0.6) is 0 Å². The lowest BCUT2D eigenvalue weighted by molar-refractivity contribution is 0.623. The average Bonchev–Trinajstić information content (AvgIpc) is 2.69. The monoisotopic (exact) mass is 286 g/mol. The zero-order valence-electron chi connectivity index (χ0n) is 7.71. The van der Waals surface area contributed by atoms with Gasteiger partial charge in [-0.15, -0.1) is 0 Å². The van der Waals surface area contributed by atoms with Gasteiger partial charge in [-0.1, -0.05) is 0 Å². The van der Waals surface area contributed by atoms with Crippen LogP contribution in [-0.2, 0) is 6.54 Å². The predicted molar refractivity (Wildman–Crippen MR) is 63.5 cm³/mol. The van der Waals surface area contributed by atoms with Crippen molar-refractivity contribution in [1.29, 1.82) is 0 Å². The molecule has 0 bridgehead atoms. The Balaban J connectivity index is 2.05. The summed E-state index contributed by atoms with van der Waals surface area (Å²) in [6, 6.07) is 3.39. The first-order valence-electron chi connectivity index (χ1n) is 4.31. The largest absolute Gasteiger partial charge is 0.364 e. The highest BCUT2D eigenvalue weighted by atomic mass is 79.9. The zero-order valence-corrected chi connectivity index (χ0v) is 10.1. The van der Waals surface area contributed by atoms with E-state index in [1.54, 1.807) is 17.5 Å². The fraction of sp³-hybridized carbons (Fsp3) is 0.100. The molecule has 5 heteroatoms. The third-order valence-corrected chi connectivity index (χ3v) is 3.01. The number of pyridine rings is 1. The molecule has 2 aromatic heterocycles. The molecule has 0 aliphatic heterocycles. The van der Waals surface area contributed by atoms with E-state index < -0.39 is 0 Å². The van der Waals surface area contributed by atoms with Gasteiger partial charge in [0.1, 0.15) is 0 Å². The summed E-state index contributed by atoms with van der Waals surface area (Å²) in [6.07, 6.45) is 1.57. The van der Waals surface area contributed by atoms with Crippen molar-refractivity contribution in [2.45, 2.75) is 6.54 Å². The summed E-state index contributed by atoms with van der Waals surface area (Å²) in [6.45, 7) is 0.592. The molecular formula is C10H8BrFN2S. The van der Waals surface area contributed by atoms with Crippen molar-refractivity contribution in [3.8, 4) is 0 Å². The van der Waals surface area contributed by atoms with Crippen LogP contribution in [0.4, 0.5) is 10.2 Å². The Labute approximate surface area is 99.3 Å². The van der Waals surface area contributed by atoms with E-state index in [1.165, 1.54) is 6.07 Å². The van der Waals surface area contributed by atoms with Gasteiger partial charge < -0.3 is 5.32 Å². The van der Waals surface area contributed by atoms with Gasteiger partial charge in [-0.3, -0.25) is 0 Å². The Kier molecular flexibility index (Phi) is 3.33. The third kappa shape index (κ3) is 2.76. The number of anilines is 1. The van der Waals surface area contributed by atoms with Gasteiger partial charge in [0.05, 0.1) is 0 Å². The van der Waals surface area contributed by atoms with Gasteiger partial charge >= 0.3 is 0 Å². The molecule has 0 fully saturated rings. The summed E-state index contributed by atoms with van der Waals surface area (Å²) < 4.78 is 14.0. The molecule has 0 amide bonds. The second-order valence-electron chi connectivity index (χ2n) is 2.97. The van der Waals surface area contributed by atoms with E-state index in [0.717, 1.165) is 5.56 Å². The molecule has 0 atom stereocenters. The third-order valence-electron chi connectivity index (χ3n) is 1.85. The normalized spacial score (nSPS) is 10.3. The minimum absolute atomic E-state index is 0.282. The molecular weight excluding hydrogens is 279 g/mol. The summed E-state index contributed by atoms with van der Waals surface area (Å²) >= 11 is 4.78. The SMILES string of the molecule is Fc1cc(Br)cnc1NCc1ccsc1. The summed E-state index contributed by atoms with van der Waals surface area (Å²) in [5.41, 5.74) is 1.13. The van der Waals surface area contributed by atoms with Crippen molar-refractivity contribution < 1.29 is 4.39 Å². The molecule has 0 saturated heterocycles. The van der Waals surface area contributed by atoms with Crippen LogP contribution in [0.1, 0.15) is 5.56 Å². The number of nitrogens with zero attached hydrogens (tertiary/aromatic N) is 1. The van der Waals surface area contributed by atoms with Crippen LogP contribution in [0.3, 0.4) is 0 Å². The Morgan fingerprint density at radius 1 is 1.53 bits per heavy atom. The lowest BCUT2D eigenvalue weighted by Crippen LogP contribution is -2.02. The second kappa shape index (κ2) is 4.72. The Morgan fingerprint density at radius 2 is 2.40 bits per heavy atom. The molecule has 0 saturated carbocycles. The lowest BCUT2D eigenvalue weighted by atomic mass is 10.3. The number of hydrogen-bond donors (Lipinski definition) is 1. The maximum atomic E-state index is 13.3. The summed E-state index contributed by atoms with van der Waals surface area (Å²) in [5, 5.41) is 6.95. The van der Waals surface area contributed by atoms with Gasteiger partial charge in [-0.25, -0.2) is 9.37 Å². The molecule has 0 unspecified atom stereocenters. The standard InChI is InChI=1S/C10H8BrFN2S/c11-8-3-9(12)10(14-5-8)13-4-7-1-2-15-6-7/h1-3,5-6H,4H2,(H,13,14). The molecule has 1 N–H and O–H groups in total. The molecule has 0 aromatic carbocycles. The first-order chi connectivity index (χ1) is 7.25. The molecule has 2 aromatic rings. The van der Waals surface area contributed by atoms with E-state index in [1.807, 2.05) is 16.8 Å². The average molecular weight is 287 g/mol. The smallest absolute Gasteiger partial charge is 0.166 e. The molecule has 2 nitrogen and oxygen atoms in total. The highest BCUT2D eigenvalue weighted by Crippen LogP contribution is 2.17. The van der Waals surface area contributed by atoms with Crippen LogP contribution in [0.15, 0.2) is 33.6 Å². The molecule has 0 radical (unpaired) electrons. The van der Waals surface area contributed by atoms with Crippen LogP contribution in [0, 0.1) is 5.82 Å². The van der Waals surface area contributed by atoms with Gasteiger partial charge in [0.15, 0.2) is 11.6 Å². The van der Waals surface area contributed by atoms with E-state index in [9.17, 15) is 4.39 Å². The first-order valence-corrected chi connectivity index (χ1v) is 6.05. The van der Waals surface area contributed by atoms with Crippen LogP contribution < -0.4 is 5.32 Å². The van der Waals surface area contributed by atoms with Gasteiger partial charge in [0.2, 0.25) is 0 Å². The second-order valence-corrected chi connectivity index (χ2v) is 4.66. The van der Waals surface area contributed by atoms with Crippen molar-refractivity contribution >= 4 is 33.1 Å². The minimum Gasteiger partial charge on any atom is -0.364 e. The number of nitrogens with one attached hydrogen (secondary N) is 1. The fourth-order valence-corrected chi connectivity index (χ4v) is 2.10. The number of rotatable bonds is 3. The highest BCUT2D eigenvalue weighted by Gasteiger charge is 2.03. The summed E-state index contributed by atoms with van der Waals surface area (Å²) in [7, 11) is 0.